The minimum atomic E-state index is -0.810. The van der Waals surface area contributed by atoms with Gasteiger partial charge in [-0.15, -0.1) is 0 Å². The van der Waals surface area contributed by atoms with Crippen molar-refractivity contribution in [3.63, 3.8) is 0 Å². The molecule has 0 radical (unpaired) electrons. The van der Waals surface area contributed by atoms with Crippen LogP contribution in [0.4, 0.5) is 0 Å². The van der Waals surface area contributed by atoms with Gasteiger partial charge in [0, 0.05) is 18.7 Å². The number of rotatable bonds is 6. The first kappa shape index (κ1) is 15.8. The van der Waals surface area contributed by atoms with Crippen LogP contribution < -0.4 is 4.74 Å². The molecule has 0 aliphatic carbocycles. The van der Waals surface area contributed by atoms with Crippen LogP contribution >= 0.6 is 0 Å². The number of hydrogen-bond donors (Lipinski definition) is 1. The lowest BCUT2D eigenvalue weighted by Crippen LogP contribution is -2.50. The molecule has 0 saturated carbocycles. The number of nitrogens with zero attached hydrogens (tertiary/aromatic N) is 1. The van der Waals surface area contributed by atoms with Gasteiger partial charge < -0.3 is 14.6 Å². The summed E-state index contributed by atoms with van der Waals surface area (Å²) in [6.07, 6.45) is 0.0388. The lowest BCUT2D eigenvalue weighted by atomic mass is 9.85. The molecule has 2 rings (SSSR count). The van der Waals surface area contributed by atoms with Gasteiger partial charge in [0.1, 0.15) is 5.75 Å². The van der Waals surface area contributed by atoms with Crippen LogP contribution in [0.15, 0.2) is 24.3 Å². The molecule has 1 aromatic rings. The van der Waals surface area contributed by atoms with E-state index in [0.717, 1.165) is 24.4 Å². The van der Waals surface area contributed by atoms with Gasteiger partial charge >= 0.3 is 5.97 Å². The number of hydrogen-bond acceptors (Lipinski definition) is 4. The number of aliphatic carboxylic acids is 1. The highest BCUT2D eigenvalue weighted by molar-refractivity contribution is 5.69. The molecule has 1 heterocycles. The SMILES string of the molecule is CCOc1ccccc1C(C)(CC(=O)O)N1CCOCC1. The fourth-order valence-electron chi connectivity index (χ4n) is 2.92. The van der Waals surface area contributed by atoms with Crippen LogP contribution in [-0.4, -0.2) is 48.9 Å². The molecule has 1 atom stereocenters. The quantitative estimate of drug-likeness (QED) is 0.870. The van der Waals surface area contributed by atoms with Crippen molar-refractivity contribution in [1.82, 2.24) is 4.90 Å². The van der Waals surface area contributed by atoms with Gasteiger partial charge in [-0.05, 0) is 19.9 Å². The fraction of sp³-hybridized carbons (Fsp3) is 0.562. The maximum absolute atomic E-state index is 11.4. The van der Waals surface area contributed by atoms with Gasteiger partial charge in [-0.2, -0.15) is 0 Å². The summed E-state index contributed by atoms with van der Waals surface area (Å²) in [5, 5.41) is 9.36. The molecule has 1 saturated heterocycles. The monoisotopic (exact) mass is 293 g/mol. The first-order valence-electron chi connectivity index (χ1n) is 7.35. The molecule has 1 aliphatic rings. The molecule has 1 aliphatic heterocycles. The Bertz CT molecular complexity index is 485. The third-order valence-electron chi connectivity index (χ3n) is 3.97. The van der Waals surface area contributed by atoms with Gasteiger partial charge in [0.2, 0.25) is 0 Å². The predicted octanol–water partition coefficient (Wildman–Crippen LogP) is 2.11. The second kappa shape index (κ2) is 6.91. The number of morpholine rings is 1. The van der Waals surface area contributed by atoms with Crippen molar-refractivity contribution in [1.29, 1.82) is 0 Å². The molecular formula is C16H23NO4. The maximum atomic E-state index is 11.4. The average molecular weight is 293 g/mol. The second-order valence-electron chi connectivity index (χ2n) is 5.37. The molecule has 1 N–H and O–H groups in total. The van der Waals surface area contributed by atoms with Crippen LogP contribution in [0.25, 0.3) is 0 Å². The zero-order valence-corrected chi connectivity index (χ0v) is 12.7. The minimum Gasteiger partial charge on any atom is -0.494 e. The fourth-order valence-corrected chi connectivity index (χ4v) is 2.92. The van der Waals surface area contributed by atoms with E-state index in [1.165, 1.54) is 0 Å². The number of carboxylic acids is 1. The molecule has 0 amide bonds. The van der Waals surface area contributed by atoms with Gasteiger partial charge in [0.05, 0.1) is 31.8 Å². The molecule has 5 heteroatoms. The van der Waals surface area contributed by atoms with E-state index in [-0.39, 0.29) is 6.42 Å². The van der Waals surface area contributed by atoms with Gasteiger partial charge in [-0.25, -0.2) is 0 Å². The molecular weight excluding hydrogens is 270 g/mol. The summed E-state index contributed by atoms with van der Waals surface area (Å²) in [7, 11) is 0. The first-order valence-corrected chi connectivity index (χ1v) is 7.35. The van der Waals surface area contributed by atoms with E-state index in [9.17, 15) is 9.90 Å². The Morgan fingerprint density at radius 1 is 1.38 bits per heavy atom. The van der Waals surface area contributed by atoms with Crippen LogP contribution in [0.2, 0.25) is 0 Å². The topological polar surface area (TPSA) is 59.0 Å². The Labute approximate surface area is 125 Å². The number of ether oxygens (including phenoxy) is 2. The molecule has 5 nitrogen and oxygen atoms in total. The smallest absolute Gasteiger partial charge is 0.305 e. The van der Waals surface area contributed by atoms with Crippen LogP contribution in [0.1, 0.15) is 25.8 Å². The third kappa shape index (κ3) is 3.54. The Kier molecular flexibility index (Phi) is 5.20. The number of benzene rings is 1. The van der Waals surface area contributed by atoms with E-state index in [4.69, 9.17) is 9.47 Å². The highest BCUT2D eigenvalue weighted by Gasteiger charge is 2.38. The summed E-state index contributed by atoms with van der Waals surface area (Å²) in [5.74, 6) is -0.0504. The van der Waals surface area contributed by atoms with E-state index < -0.39 is 11.5 Å². The van der Waals surface area contributed by atoms with Crippen molar-refractivity contribution in [3.05, 3.63) is 29.8 Å². The van der Waals surface area contributed by atoms with Crippen LogP contribution in [-0.2, 0) is 15.1 Å². The lowest BCUT2D eigenvalue weighted by molar-refractivity contribution is -0.141. The van der Waals surface area contributed by atoms with E-state index in [0.29, 0.717) is 19.8 Å². The maximum Gasteiger partial charge on any atom is 0.305 e. The Morgan fingerprint density at radius 2 is 2.05 bits per heavy atom. The average Bonchev–Trinajstić information content (AvgIpc) is 2.48. The van der Waals surface area contributed by atoms with Crippen molar-refractivity contribution in [3.8, 4) is 5.75 Å². The summed E-state index contributed by atoms with van der Waals surface area (Å²) >= 11 is 0. The zero-order chi connectivity index (χ0) is 15.3. The van der Waals surface area contributed by atoms with Crippen LogP contribution in [0.3, 0.4) is 0 Å². The largest absolute Gasteiger partial charge is 0.494 e. The van der Waals surface area contributed by atoms with Gasteiger partial charge in [-0.1, -0.05) is 18.2 Å². The second-order valence-corrected chi connectivity index (χ2v) is 5.37. The third-order valence-corrected chi connectivity index (χ3v) is 3.97. The normalized spacial score (nSPS) is 19.0. The molecule has 0 spiro atoms. The predicted molar refractivity (Wildman–Crippen MR) is 79.6 cm³/mol. The number of para-hydroxylation sites is 1. The minimum absolute atomic E-state index is 0.0388. The summed E-state index contributed by atoms with van der Waals surface area (Å²) in [5.41, 5.74) is 0.331. The van der Waals surface area contributed by atoms with E-state index in [1.807, 2.05) is 38.1 Å². The lowest BCUT2D eigenvalue weighted by Gasteiger charge is -2.43. The van der Waals surface area contributed by atoms with Crippen molar-refractivity contribution >= 4 is 5.97 Å². The Morgan fingerprint density at radius 3 is 2.67 bits per heavy atom. The standard InChI is InChI=1S/C16H23NO4/c1-3-21-14-7-5-4-6-13(14)16(2,12-15(18)19)17-8-10-20-11-9-17/h4-7H,3,8-12H2,1-2H3,(H,18,19). The summed E-state index contributed by atoms with van der Waals surface area (Å²) in [6, 6.07) is 7.70. The van der Waals surface area contributed by atoms with Crippen molar-refractivity contribution < 1.29 is 19.4 Å². The van der Waals surface area contributed by atoms with Gasteiger partial charge in [-0.3, -0.25) is 9.69 Å². The molecule has 0 aromatic heterocycles. The highest BCUT2D eigenvalue weighted by Crippen LogP contribution is 2.38. The molecule has 0 bridgehead atoms. The molecule has 1 unspecified atom stereocenters. The Hall–Kier alpha value is -1.59. The molecule has 1 fully saturated rings. The van der Waals surface area contributed by atoms with Crippen molar-refractivity contribution in [2.24, 2.45) is 0 Å². The van der Waals surface area contributed by atoms with E-state index in [1.54, 1.807) is 0 Å². The van der Waals surface area contributed by atoms with Crippen LogP contribution in [0, 0.1) is 0 Å². The number of carboxylic acid groups (broad SMARTS) is 1. The zero-order valence-electron chi connectivity index (χ0n) is 12.7. The highest BCUT2D eigenvalue weighted by atomic mass is 16.5. The number of carbonyl (C=O) groups is 1. The molecule has 1 aromatic carbocycles. The van der Waals surface area contributed by atoms with E-state index >= 15 is 0 Å². The summed E-state index contributed by atoms with van der Waals surface area (Å²) < 4.78 is 11.1. The van der Waals surface area contributed by atoms with Gasteiger partial charge in [0.25, 0.3) is 0 Å². The van der Waals surface area contributed by atoms with E-state index in [2.05, 4.69) is 4.90 Å². The van der Waals surface area contributed by atoms with Crippen LogP contribution in [0.5, 0.6) is 5.75 Å². The van der Waals surface area contributed by atoms with Gasteiger partial charge in [0.15, 0.2) is 0 Å². The van der Waals surface area contributed by atoms with Crippen molar-refractivity contribution in [2.75, 3.05) is 32.9 Å². The van der Waals surface area contributed by atoms with Crippen molar-refractivity contribution in [2.45, 2.75) is 25.8 Å². The molecule has 21 heavy (non-hydrogen) atoms. The first-order chi connectivity index (χ1) is 10.1. The summed E-state index contributed by atoms with van der Waals surface area (Å²) in [6.45, 7) is 7.18. The summed E-state index contributed by atoms with van der Waals surface area (Å²) in [4.78, 5) is 13.6. The Balaban J connectivity index is 2.41. The molecule has 116 valence electrons.